The van der Waals surface area contributed by atoms with Crippen LogP contribution in [0.1, 0.15) is 36.1 Å². The molecule has 3 rings (SSSR count). The van der Waals surface area contributed by atoms with Crippen LogP contribution in [-0.2, 0) is 6.61 Å². The number of hydrazine groups is 1. The van der Waals surface area contributed by atoms with Gasteiger partial charge in [0.2, 0.25) is 10.9 Å². The fourth-order valence-corrected chi connectivity index (χ4v) is 3.47. The molecule has 2 N–H and O–H groups in total. The molecular formula is C22H25ClN4O5S. The van der Waals surface area contributed by atoms with Crippen LogP contribution in [0.4, 0.5) is 5.13 Å². The molecule has 11 heteroatoms. The van der Waals surface area contributed by atoms with Crippen LogP contribution in [0.25, 0.3) is 0 Å². The largest absolute Gasteiger partial charge is 0.490 e. The molecule has 0 saturated heterocycles. The Bertz CT molecular complexity index is 1030. The van der Waals surface area contributed by atoms with Crippen molar-refractivity contribution in [2.24, 2.45) is 0 Å². The number of benzene rings is 2. The summed E-state index contributed by atoms with van der Waals surface area (Å²) >= 11 is 7.12. The summed E-state index contributed by atoms with van der Waals surface area (Å²) in [7, 11) is 0. The quantitative estimate of drug-likeness (QED) is 0.350. The summed E-state index contributed by atoms with van der Waals surface area (Å²) in [6.07, 6.45) is 0. The summed E-state index contributed by atoms with van der Waals surface area (Å²) in [6.45, 7) is 7.09. The van der Waals surface area contributed by atoms with Crippen molar-refractivity contribution in [3.8, 4) is 23.0 Å². The lowest BCUT2D eigenvalue weighted by Gasteiger charge is -2.17. The van der Waals surface area contributed by atoms with Crippen LogP contribution in [-0.4, -0.2) is 35.9 Å². The van der Waals surface area contributed by atoms with Gasteiger partial charge in [-0.05, 0) is 57.2 Å². The molecule has 0 aliphatic rings. The van der Waals surface area contributed by atoms with Gasteiger partial charge in [-0.3, -0.25) is 15.6 Å². The lowest BCUT2D eigenvalue weighted by Crippen LogP contribution is -2.29. The van der Waals surface area contributed by atoms with Crippen molar-refractivity contribution in [2.45, 2.75) is 27.4 Å². The molecule has 33 heavy (non-hydrogen) atoms. The Kier molecular flexibility index (Phi) is 8.96. The van der Waals surface area contributed by atoms with Gasteiger partial charge in [0.05, 0.1) is 19.8 Å². The SMILES string of the molecule is CCOc1cc(C(=O)NNc2nnc(COc3ccc(Cl)cc3)s2)cc(OCC)c1OCC. The van der Waals surface area contributed by atoms with Crippen LogP contribution in [0.2, 0.25) is 5.02 Å². The fourth-order valence-electron chi connectivity index (χ4n) is 2.74. The van der Waals surface area contributed by atoms with E-state index < -0.39 is 5.91 Å². The number of hydrogen-bond donors (Lipinski definition) is 2. The summed E-state index contributed by atoms with van der Waals surface area (Å²) < 4.78 is 22.6. The van der Waals surface area contributed by atoms with E-state index in [9.17, 15) is 4.79 Å². The lowest BCUT2D eigenvalue weighted by molar-refractivity contribution is 0.0961. The first-order valence-corrected chi connectivity index (χ1v) is 11.6. The highest BCUT2D eigenvalue weighted by Gasteiger charge is 2.18. The maximum Gasteiger partial charge on any atom is 0.269 e. The van der Waals surface area contributed by atoms with Crippen molar-refractivity contribution < 1.29 is 23.7 Å². The molecule has 0 bridgehead atoms. The molecule has 0 aliphatic carbocycles. The molecule has 9 nitrogen and oxygen atoms in total. The molecule has 3 aromatic rings. The summed E-state index contributed by atoms with van der Waals surface area (Å²) in [5, 5.41) is 9.76. The Morgan fingerprint density at radius 2 is 1.58 bits per heavy atom. The maximum absolute atomic E-state index is 12.7. The predicted octanol–water partition coefficient (Wildman–Crippen LogP) is 4.72. The molecule has 0 unspecified atom stereocenters. The number of nitrogens with zero attached hydrogens (tertiary/aromatic N) is 2. The molecule has 0 saturated carbocycles. The average Bonchev–Trinajstić information content (AvgIpc) is 3.27. The van der Waals surface area contributed by atoms with Crippen molar-refractivity contribution in [2.75, 3.05) is 25.2 Å². The van der Waals surface area contributed by atoms with Gasteiger partial charge in [-0.2, -0.15) is 0 Å². The number of ether oxygens (including phenoxy) is 4. The van der Waals surface area contributed by atoms with E-state index in [0.29, 0.717) is 63.5 Å². The van der Waals surface area contributed by atoms with Crippen LogP contribution in [0.5, 0.6) is 23.0 Å². The highest BCUT2D eigenvalue weighted by atomic mass is 35.5. The summed E-state index contributed by atoms with van der Waals surface area (Å²) in [6, 6.07) is 10.3. The van der Waals surface area contributed by atoms with Crippen molar-refractivity contribution in [1.82, 2.24) is 15.6 Å². The highest BCUT2D eigenvalue weighted by molar-refractivity contribution is 7.15. The van der Waals surface area contributed by atoms with Gasteiger partial charge in [0.1, 0.15) is 12.4 Å². The molecule has 1 amide bonds. The number of halogens is 1. The van der Waals surface area contributed by atoms with E-state index in [1.165, 1.54) is 11.3 Å². The summed E-state index contributed by atoms with van der Waals surface area (Å²) in [5.74, 6) is 1.62. The third-order valence-corrected chi connectivity index (χ3v) is 5.16. The third kappa shape index (κ3) is 6.87. The van der Waals surface area contributed by atoms with Gasteiger partial charge in [-0.25, -0.2) is 0 Å². The van der Waals surface area contributed by atoms with Crippen LogP contribution >= 0.6 is 22.9 Å². The first-order chi connectivity index (χ1) is 16.0. The second-order valence-electron chi connectivity index (χ2n) is 6.42. The van der Waals surface area contributed by atoms with Crippen molar-refractivity contribution in [3.63, 3.8) is 0 Å². The Labute approximate surface area is 201 Å². The van der Waals surface area contributed by atoms with E-state index >= 15 is 0 Å². The molecular weight excluding hydrogens is 468 g/mol. The fraction of sp³-hybridized carbons (Fsp3) is 0.318. The van der Waals surface area contributed by atoms with Crippen LogP contribution < -0.4 is 29.8 Å². The molecule has 176 valence electrons. The van der Waals surface area contributed by atoms with E-state index in [2.05, 4.69) is 21.0 Å². The highest BCUT2D eigenvalue weighted by Crippen LogP contribution is 2.39. The molecule has 0 aliphatic heterocycles. The first kappa shape index (κ1) is 24.4. The first-order valence-electron chi connectivity index (χ1n) is 10.4. The normalized spacial score (nSPS) is 10.4. The molecule has 2 aromatic carbocycles. The number of rotatable bonds is 12. The molecule has 0 fully saturated rings. The third-order valence-electron chi connectivity index (χ3n) is 4.10. The van der Waals surface area contributed by atoms with Crippen molar-refractivity contribution in [3.05, 3.63) is 52.0 Å². The van der Waals surface area contributed by atoms with Gasteiger partial charge in [-0.15, -0.1) is 10.2 Å². The number of aromatic nitrogens is 2. The smallest absolute Gasteiger partial charge is 0.269 e. The zero-order valence-electron chi connectivity index (χ0n) is 18.5. The predicted molar refractivity (Wildman–Crippen MR) is 127 cm³/mol. The maximum atomic E-state index is 12.7. The number of anilines is 1. The second-order valence-corrected chi connectivity index (χ2v) is 7.92. The van der Waals surface area contributed by atoms with Gasteiger partial charge >= 0.3 is 0 Å². The zero-order valence-corrected chi connectivity index (χ0v) is 20.1. The summed E-state index contributed by atoms with van der Waals surface area (Å²) in [4.78, 5) is 12.7. The Hall–Kier alpha value is -3.24. The number of amides is 1. The molecule has 0 radical (unpaired) electrons. The number of hydrogen-bond acceptors (Lipinski definition) is 9. The van der Waals surface area contributed by atoms with Gasteiger partial charge in [0.15, 0.2) is 16.5 Å². The molecule has 0 spiro atoms. The second kappa shape index (κ2) is 12.1. The van der Waals surface area contributed by atoms with Crippen LogP contribution in [0.3, 0.4) is 0 Å². The van der Waals surface area contributed by atoms with E-state index in [0.717, 1.165) is 0 Å². The van der Waals surface area contributed by atoms with Crippen LogP contribution in [0.15, 0.2) is 36.4 Å². The minimum atomic E-state index is -0.394. The molecule has 0 atom stereocenters. The van der Waals surface area contributed by atoms with Crippen molar-refractivity contribution >= 4 is 34.0 Å². The Morgan fingerprint density at radius 3 is 2.18 bits per heavy atom. The topological polar surface area (TPSA) is 104 Å². The van der Waals surface area contributed by atoms with E-state index in [1.54, 1.807) is 36.4 Å². The average molecular weight is 493 g/mol. The van der Waals surface area contributed by atoms with Gasteiger partial charge in [0, 0.05) is 10.6 Å². The van der Waals surface area contributed by atoms with Gasteiger partial charge in [-0.1, -0.05) is 22.9 Å². The van der Waals surface area contributed by atoms with Crippen LogP contribution in [0, 0.1) is 0 Å². The minimum Gasteiger partial charge on any atom is -0.490 e. The molecule has 1 aromatic heterocycles. The Balaban J connectivity index is 1.63. The van der Waals surface area contributed by atoms with Crippen molar-refractivity contribution in [1.29, 1.82) is 0 Å². The number of carbonyl (C=O) groups excluding carboxylic acids is 1. The summed E-state index contributed by atoms with van der Waals surface area (Å²) in [5.41, 5.74) is 5.72. The van der Waals surface area contributed by atoms with Gasteiger partial charge < -0.3 is 18.9 Å². The van der Waals surface area contributed by atoms with Gasteiger partial charge in [0.25, 0.3) is 5.91 Å². The number of carbonyl (C=O) groups is 1. The van der Waals surface area contributed by atoms with E-state index in [-0.39, 0.29) is 6.61 Å². The molecule has 1 heterocycles. The monoisotopic (exact) mass is 492 g/mol. The van der Waals surface area contributed by atoms with E-state index in [1.807, 2.05) is 20.8 Å². The minimum absolute atomic E-state index is 0.239. The standard InChI is InChI=1S/C22H25ClN4O5S/c1-4-29-17-11-14(12-18(30-5-2)20(17)31-6-3)21(28)25-27-22-26-24-19(33-22)13-32-16-9-7-15(23)8-10-16/h7-12H,4-6,13H2,1-3H3,(H,25,28)(H,26,27). The number of nitrogens with one attached hydrogen (secondary N) is 2. The Morgan fingerprint density at radius 1 is 0.939 bits per heavy atom. The zero-order chi connectivity index (χ0) is 23.6. The van der Waals surface area contributed by atoms with E-state index in [4.69, 9.17) is 30.5 Å². The lowest BCUT2D eigenvalue weighted by atomic mass is 10.1.